The van der Waals surface area contributed by atoms with Crippen LogP contribution in [0.15, 0.2) is 30.3 Å². The lowest BCUT2D eigenvalue weighted by Gasteiger charge is -2.25. The molecule has 0 aliphatic heterocycles. The van der Waals surface area contributed by atoms with Crippen molar-refractivity contribution in [1.82, 2.24) is 0 Å². The van der Waals surface area contributed by atoms with Crippen molar-refractivity contribution in [3.63, 3.8) is 0 Å². The van der Waals surface area contributed by atoms with E-state index < -0.39 is 0 Å². The maximum absolute atomic E-state index is 9.72. The molecule has 1 N–H and O–H groups in total. The Morgan fingerprint density at radius 1 is 0.792 bits per heavy atom. The van der Waals surface area contributed by atoms with E-state index in [9.17, 15) is 5.11 Å². The summed E-state index contributed by atoms with van der Waals surface area (Å²) in [7, 11) is 0. The van der Waals surface area contributed by atoms with Gasteiger partial charge in [-0.15, -0.1) is 0 Å². The highest BCUT2D eigenvalue weighted by Crippen LogP contribution is 2.38. The standard InChI is InChI=1S/C21H26Cl2O/c1-12(2)17-8-16(15-6-7-19(22)20(23)10-15)9-18(13(3)4)21(17)14(5)11-24/h6-10,12-14,24H,11H2,1-5H3. The van der Waals surface area contributed by atoms with Gasteiger partial charge in [-0.05, 0) is 51.8 Å². The summed E-state index contributed by atoms with van der Waals surface area (Å²) in [5.74, 6) is 0.895. The minimum atomic E-state index is 0.127. The van der Waals surface area contributed by atoms with E-state index in [1.165, 1.54) is 16.7 Å². The van der Waals surface area contributed by atoms with Crippen molar-refractivity contribution >= 4 is 23.2 Å². The summed E-state index contributed by atoms with van der Waals surface area (Å²) in [5.41, 5.74) is 6.09. The zero-order valence-electron chi connectivity index (χ0n) is 15.0. The Bertz CT molecular complexity index is 691. The van der Waals surface area contributed by atoms with Gasteiger partial charge in [0.05, 0.1) is 10.0 Å². The van der Waals surface area contributed by atoms with Crippen molar-refractivity contribution in [3.8, 4) is 11.1 Å². The molecule has 0 aliphatic rings. The summed E-state index contributed by atoms with van der Waals surface area (Å²) >= 11 is 12.3. The molecule has 0 fully saturated rings. The summed E-state index contributed by atoms with van der Waals surface area (Å²) < 4.78 is 0. The van der Waals surface area contributed by atoms with Crippen LogP contribution in [0.25, 0.3) is 11.1 Å². The van der Waals surface area contributed by atoms with E-state index in [0.717, 1.165) is 11.1 Å². The molecule has 3 heteroatoms. The van der Waals surface area contributed by atoms with Gasteiger partial charge in [-0.3, -0.25) is 0 Å². The lowest BCUT2D eigenvalue weighted by Crippen LogP contribution is -2.10. The fraction of sp³-hybridized carbons (Fsp3) is 0.429. The van der Waals surface area contributed by atoms with Crippen LogP contribution in [0.3, 0.4) is 0 Å². The normalized spacial score (nSPS) is 12.9. The third-order valence-electron chi connectivity index (χ3n) is 4.51. The van der Waals surface area contributed by atoms with Gasteiger partial charge < -0.3 is 5.11 Å². The van der Waals surface area contributed by atoms with Crippen LogP contribution in [0.1, 0.15) is 69.1 Å². The zero-order chi connectivity index (χ0) is 18.0. The fourth-order valence-electron chi connectivity index (χ4n) is 3.16. The minimum absolute atomic E-state index is 0.127. The molecule has 0 amide bonds. The largest absolute Gasteiger partial charge is 0.396 e. The van der Waals surface area contributed by atoms with Crippen molar-refractivity contribution in [2.45, 2.75) is 52.4 Å². The predicted molar refractivity (Wildman–Crippen MR) is 106 cm³/mol. The predicted octanol–water partition coefficient (Wildman–Crippen LogP) is 7.00. The molecule has 2 aromatic rings. The van der Waals surface area contributed by atoms with Gasteiger partial charge in [0.15, 0.2) is 0 Å². The number of benzene rings is 2. The third-order valence-corrected chi connectivity index (χ3v) is 5.25. The molecule has 0 spiro atoms. The highest BCUT2D eigenvalue weighted by molar-refractivity contribution is 6.42. The number of aliphatic hydroxyl groups is 1. The van der Waals surface area contributed by atoms with Crippen molar-refractivity contribution in [2.24, 2.45) is 0 Å². The maximum Gasteiger partial charge on any atom is 0.0598 e. The Labute approximate surface area is 155 Å². The minimum Gasteiger partial charge on any atom is -0.396 e. The lowest BCUT2D eigenvalue weighted by molar-refractivity contribution is 0.271. The molecule has 0 bridgehead atoms. The van der Waals surface area contributed by atoms with E-state index in [4.69, 9.17) is 23.2 Å². The highest BCUT2D eigenvalue weighted by atomic mass is 35.5. The maximum atomic E-state index is 9.72. The Hall–Kier alpha value is -1.02. The van der Waals surface area contributed by atoms with Crippen LogP contribution in [0.4, 0.5) is 0 Å². The van der Waals surface area contributed by atoms with Gasteiger partial charge in [0.2, 0.25) is 0 Å². The Balaban J connectivity index is 2.72. The number of hydrogen-bond acceptors (Lipinski definition) is 1. The summed E-state index contributed by atoms with van der Waals surface area (Å²) in [6, 6.07) is 10.2. The lowest BCUT2D eigenvalue weighted by atomic mass is 9.80. The molecular weight excluding hydrogens is 339 g/mol. The van der Waals surface area contributed by atoms with Crippen molar-refractivity contribution in [2.75, 3.05) is 6.61 Å². The van der Waals surface area contributed by atoms with E-state index in [2.05, 4.69) is 46.8 Å². The van der Waals surface area contributed by atoms with Crippen molar-refractivity contribution in [3.05, 3.63) is 57.1 Å². The number of halogens is 2. The molecule has 0 radical (unpaired) electrons. The first-order chi connectivity index (χ1) is 11.3. The van der Waals surface area contributed by atoms with E-state index in [-0.39, 0.29) is 12.5 Å². The Morgan fingerprint density at radius 2 is 1.33 bits per heavy atom. The van der Waals surface area contributed by atoms with Gasteiger partial charge in [0, 0.05) is 12.5 Å². The van der Waals surface area contributed by atoms with Crippen LogP contribution >= 0.6 is 23.2 Å². The molecule has 1 unspecified atom stereocenters. The topological polar surface area (TPSA) is 20.2 Å². The fourth-order valence-corrected chi connectivity index (χ4v) is 3.46. The molecule has 1 nitrogen and oxygen atoms in total. The van der Waals surface area contributed by atoms with Crippen LogP contribution in [-0.2, 0) is 0 Å². The number of hydrogen-bond donors (Lipinski definition) is 1. The smallest absolute Gasteiger partial charge is 0.0598 e. The molecule has 2 aromatic carbocycles. The average Bonchev–Trinajstić information content (AvgIpc) is 2.55. The monoisotopic (exact) mass is 364 g/mol. The van der Waals surface area contributed by atoms with Gasteiger partial charge in [-0.2, -0.15) is 0 Å². The molecule has 130 valence electrons. The molecular formula is C21H26Cl2O. The Kier molecular flexibility index (Phi) is 6.36. The van der Waals surface area contributed by atoms with E-state index in [1.54, 1.807) is 0 Å². The molecule has 0 saturated carbocycles. The van der Waals surface area contributed by atoms with Gasteiger partial charge in [-0.25, -0.2) is 0 Å². The summed E-state index contributed by atoms with van der Waals surface area (Å²) in [6.45, 7) is 11.0. The van der Waals surface area contributed by atoms with E-state index in [0.29, 0.717) is 21.9 Å². The highest BCUT2D eigenvalue weighted by Gasteiger charge is 2.20. The second-order valence-corrected chi connectivity index (χ2v) is 7.90. The molecule has 0 saturated heterocycles. The van der Waals surface area contributed by atoms with Crippen molar-refractivity contribution in [1.29, 1.82) is 0 Å². The first-order valence-electron chi connectivity index (χ1n) is 8.50. The van der Waals surface area contributed by atoms with Gasteiger partial charge in [0.1, 0.15) is 0 Å². The zero-order valence-corrected chi connectivity index (χ0v) is 16.5. The molecule has 2 rings (SSSR count). The summed E-state index contributed by atoms with van der Waals surface area (Å²) in [6.07, 6.45) is 0. The van der Waals surface area contributed by atoms with Gasteiger partial charge in [0.25, 0.3) is 0 Å². The van der Waals surface area contributed by atoms with Crippen LogP contribution in [0.2, 0.25) is 10.0 Å². The van der Waals surface area contributed by atoms with Gasteiger partial charge in [-0.1, -0.05) is 76.0 Å². The van der Waals surface area contributed by atoms with Crippen LogP contribution < -0.4 is 0 Å². The van der Waals surface area contributed by atoms with Crippen LogP contribution in [0, 0.1) is 0 Å². The summed E-state index contributed by atoms with van der Waals surface area (Å²) in [5, 5.41) is 10.9. The van der Waals surface area contributed by atoms with Crippen LogP contribution in [-0.4, -0.2) is 11.7 Å². The Morgan fingerprint density at radius 3 is 1.75 bits per heavy atom. The quantitative estimate of drug-likeness (QED) is 0.605. The summed E-state index contributed by atoms with van der Waals surface area (Å²) in [4.78, 5) is 0. The average molecular weight is 365 g/mol. The molecule has 24 heavy (non-hydrogen) atoms. The van der Waals surface area contributed by atoms with Crippen LogP contribution in [0.5, 0.6) is 0 Å². The number of rotatable bonds is 5. The molecule has 1 atom stereocenters. The van der Waals surface area contributed by atoms with E-state index >= 15 is 0 Å². The number of aliphatic hydroxyl groups excluding tert-OH is 1. The third kappa shape index (κ3) is 3.96. The SMILES string of the molecule is CC(C)c1cc(-c2ccc(Cl)c(Cl)c2)cc(C(C)C)c1C(C)CO. The molecule has 0 aliphatic carbocycles. The first-order valence-corrected chi connectivity index (χ1v) is 9.25. The molecule has 0 heterocycles. The van der Waals surface area contributed by atoms with Crippen molar-refractivity contribution < 1.29 is 5.11 Å². The second-order valence-electron chi connectivity index (χ2n) is 7.09. The first kappa shape index (κ1) is 19.3. The van der Waals surface area contributed by atoms with E-state index in [1.807, 2.05) is 18.2 Å². The van der Waals surface area contributed by atoms with Gasteiger partial charge >= 0.3 is 0 Å². The second kappa shape index (κ2) is 7.91. The molecule has 0 aromatic heterocycles.